The standard InChI is InChI=1S/C10H19N3OS/c1-8-13-9(7-15-8)3-4-12-6-10(5-11)14-2/h7,10,12H,3-6,11H2,1-2H3. The lowest BCUT2D eigenvalue weighted by Crippen LogP contribution is -2.35. The van der Waals surface area contributed by atoms with Crippen LogP contribution >= 0.6 is 11.3 Å². The largest absolute Gasteiger partial charge is 0.379 e. The van der Waals surface area contributed by atoms with Gasteiger partial charge in [-0.3, -0.25) is 0 Å². The van der Waals surface area contributed by atoms with Crippen molar-refractivity contribution in [3.05, 3.63) is 16.1 Å². The van der Waals surface area contributed by atoms with Crippen molar-refractivity contribution in [2.24, 2.45) is 5.73 Å². The number of methoxy groups -OCH3 is 1. The lowest BCUT2D eigenvalue weighted by atomic mass is 10.3. The second-order valence-electron chi connectivity index (χ2n) is 3.41. The predicted octanol–water partition coefficient (Wildman–Crippen LogP) is 0.557. The molecular weight excluding hydrogens is 210 g/mol. The first-order valence-corrected chi connectivity index (χ1v) is 5.98. The third-order valence-electron chi connectivity index (χ3n) is 2.19. The van der Waals surface area contributed by atoms with Crippen molar-refractivity contribution in [2.75, 3.05) is 26.7 Å². The quantitative estimate of drug-likeness (QED) is 0.671. The Labute approximate surface area is 94.8 Å². The van der Waals surface area contributed by atoms with Crippen LogP contribution in [0.5, 0.6) is 0 Å². The Morgan fingerprint density at radius 2 is 2.47 bits per heavy atom. The minimum absolute atomic E-state index is 0.113. The Bertz CT molecular complexity index is 273. The van der Waals surface area contributed by atoms with Crippen molar-refractivity contribution < 1.29 is 4.74 Å². The summed E-state index contributed by atoms with van der Waals surface area (Å²) in [6, 6.07) is 0. The fourth-order valence-corrected chi connectivity index (χ4v) is 1.91. The van der Waals surface area contributed by atoms with Gasteiger partial charge in [0.1, 0.15) is 0 Å². The van der Waals surface area contributed by atoms with Gasteiger partial charge >= 0.3 is 0 Å². The van der Waals surface area contributed by atoms with Crippen molar-refractivity contribution >= 4 is 11.3 Å². The number of aryl methyl sites for hydroxylation is 1. The molecule has 15 heavy (non-hydrogen) atoms. The molecule has 0 saturated carbocycles. The van der Waals surface area contributed by atoms with Gasteiger partial charge < -0.3 is 15.8 Å². The van der Waals surface area contributed by atoms with Crippen LogP contribution in [0.25, 0.3) is 0 Å². The fraction of sp³-hybridized carbons (Fsp3) is 0.700. The van der Waals surface area contributed by atoms with E-state index in [-0.39, 0.29) is 6.10 Å². The van der Waals surface area contributed by atoms with Crippen LogP contribution in [0.3, 0.4) is 0 Å². The van der Waals surface area contributed by atoms with Crippen molar-refractivity contribution in [3.8, 4) is 0 Å². The maximum atomic E-state index is 5.50. The first kappa shape index (κ1) is 12.6. The van der Waals surface area contributed by atoms with E-state index in [0.29, 0.717) is 6.54 Å². The molecule has 3 N–H and O–H groups in total. The highest BCUT2D eigenvalue weighted by molar-refractivity contribution is 7.09. The Hall–Kier alpha value is -0.490. The Kier molecular flexibility index (Phi) is 5.78. The van der Waals surface area contributed by atoms with E-state index in [9.17, 15) is 0 Å². The molecule has 0 spiro atoms. The molecule has 0 aromatic carbocycles. The van der Waals surface area contributed by atoms with Gasteiger partial charge in [0.05, 0.1) is 16.8 Å². The molecule has 1 heterocycles. The van der Waals surface area contributed by atoms with Gasteiger partial charge in [-0.15, -0.1) is 11.3 Å². The van der Waals surface area contributed by atoms with Gasteiger partial charge in [-0.1, -0.05) is 0 Å². The first-order valence-electron chi connectivity index (χ1n) is 5.11. The molecule has 0 aliphatic carbocycles. The van der Waals surface area contributed by atoms with Crippen LogP contribution in [0.1, 0.15) is 10.7 Å². The number of thiazole rings is 1. The highest BCUT2D eigenvalue weighted by Gasteiger charge is 2.03. The average molecular weight is 229 g/mol. The van der Waals surface area contributed by atoms with E-state index in [1.54, 1.807) is 18.4 Å². The number of nitrogens with zero attached hydrogens (tertiary/aromatic N) is 1. The van der Waals surface area contributed by atoms with Gasteiger partial charge in [0.2, 0.25) is 0 Å². The lowest BCUT2D eigenvalue weighted by Gasteiger charge is -2.13. The SMILES string of the molecule is COC(CN)CNCCc1csc(C)n1. The van der Waals surface area contributed by atoms with E-state index in [0.717, 1.165) is 30.2 Å². The number of hydrogen-bond donors (Lipinski definition) is 2. The van der Waals surface area contributed by atoms with E-state index in [1.807, 2.05) is 6.92 Å². The normalized spacial score (nSPS) is 13.0. The maximum absolute atomic E-state index is 5.50. The number of hydrogen-bond acceptors (Lipinski definition) is 5. The summed E-state index contributed by atoms with van der Waals surface area (Å²) in [5.41, 5.74) is 6.66. The summed E-state index contributed by atoms with van der Waals surface area (Å²) in [5.74, 6) is 0. The summed E-state index contributed by atoms with van der Waals surface area (Å²) in [6.45, 7) is 4.30. The summed E-state index contributed by atoms with van der Waals surface area (Å²) in [7, 11) is 1.68. The van der Waals surface area contributed by atoms with E-state index in [2.05, 4.69) is 15.7 Å². The predicted molar refractivity (Wildman–Crippen MR) is 63.3 cm³/mol. The summed E-state index contributed by atoms with van der Waals surface area (Å²) < 4.78 is 5.15. The van der Waals surface area contributed by atoms with Gasteiger partial charge in [-0.25, -0.2) is 4.98 Å². The zero-order valence-electron chi connectivity index (χ0n) is 9.32. The Morgan fingerprint density at radius 1 is 1.67 bits per heavy atom. The molecule has 1 atom stereocenters. The average Bonchev–Trinajstić information content (AvgIpc) is 2.65. The molecule has 0 bridgehead atoms. The van der Waals surface area contributed by atoms with Crippen LogP contribution in [-0.4, -0.2) is 37.8 Å². The molecule has 0 radical (unpaired) electrons. The highest BCUT2D eigenvalue weighted by Crippen LogP contribution is 2.07. The van der Waals surface area contributed by atoms with Gasteiger partial charge in [-0.05, 0) is 6.92 Å². The van der Waals surface area contributed by atoms with Crippen molar-refractivity contribution in [1.29, 1.82) is 0 Å². The molecule has 0 saturated heterocycles. The summed E-state index contributed by atoms with van der Waals surface area (Å²) in [6.07, 6.45) is 1.08. The Balaban J connectivity index is 2.11. The minimum atomic E-state index is 0.113. The molecule has 0 aliphatic rings. The molecule has 4 nitrogen and oxygen atoms in total. The van der Waals surface area contributed by atoms with Crippen LogP contribution < -0.4 is 11.1 Å². The van der Waals surface area contributed by atoms with E-state index in [1.165, 1.54) is 0 Å². The van der Waals surface area contributed by atoms with Gasteiger partial charge in [0.15, 0.2) is 0 Å². The maximum Gasteiger partial charge on any atom is 0.0897 e. The van der Waals surface area contributed by atoms with Crippen molar-refractivity contribution in [2.45, 2.75) is 19.4 Å². The molecule has 1 unspecified atom stereocenters. The topological polar surface area (TPSA) is 60.2 Å². The third-order valence-corrected chi connectivity index (χ3v) is 3.02. The number of nitrogens with two attached hydrogens (primary N) is 1. The zero-order valence-corrected chi connectivity index (χ0v) is 10.1. The summed E-state index contributed by atoms with van der Waals surface area (Å²) in [4.78, 5) is 4.39. The third kappa shape index (κ3) is 4.70. The summed E-state index contributed by atoms with van der Waals surface area (Å²) >= 11 is 1.69. The molecule has 1 aromatic rings. The van der Waals surface area contributed by atoms with E-state index < -0.39 is 0 Å². The minimum Gasteiger partial charge on any atom is -0.379 e. The molecule has 1 aromatic heterocycles. The highest BCUT2D eigenvalue weighted by atomic mass is 32.1. The Morgan fingerprint density at radius 3 is 3.00 bits per heavy atom. The second-order valence-corrected chi connectivity index (χ2v) is 4.47. The van der Waals surface area contributed by atoms with Gasteiger partial charge in [0, 0.05) is 38.5 Å². The second kappa shape index (κ2) is 6.90. The monoisotopic (exact) mass is 229 g/mol. The molecule has 0 aliphatic heterocycles. The van der Waals surface area contributed by atoms with Crippen LogP contribution in [-0.2, 0) is 11.2 Å². The lowest BCUT2D eigenvalue weighted by molar-refractivity contribution is 0.109. The van der Waals surface area contributed by atoms with E-state index in [4.69, 9.17) is 10.5 Å². The molecule has 0 amide bonds. The smallest absolute Gasteiger partial charge is 0.0897 e. The van der Waals surface area contributed by atoms with Gasteiger partial charge in [0.25, 0.3) is 0 Å². The van der Waals surface area contributed by atoms with E-state index >= 15 is 0 Å². The zero-order chi connectivity index (χ0) is 11.1. The summed E-state index contributed by atoms with van der Waals surface area (Å²) in [5, 5.41) is 6.54. The van der Waals surface area contributed by atoms with Crippen LogP contribution in [0.4, 0.5) is 0 Å². The van der Waals surface area contributed by atoms with Crippen molar-refractivity contribution in [3.63, 3.8) is 0 Å². The molecule has 86 valence electrons. The number of nitrogens with one attached hydrogen (secondary N) is 1. The van der Waals surface area contributed by atoms with Gasteiger partial charge in [-0.2, -0.15) is 0 Å². The number of rotatable bonds is 7. The first-order chi connectivity index (χ1) is 7.26. The fourth-order valence-electron chi connectivity index (χ4n) is 1.27. The van der Waals surface area contributed by atoms with Crippen molar-refractivity contribution in [1.82, 2.24) is 10.3 Å². The number of ether oxygens (including phenoxy) is 1. The molecule has 1 rings (SSSR count). The molecule has 0 fully saturated rings. The number of aromatic nitrogens is 1. The van der Waals surface area contributed by atoms with Crippen LogP contribution in [0.2, 0.25) is 0 Å². The van der Waals surface area contributed by atoms with Crippen LogP contribution in [0.15, 0.2) is 5.38 Å². The molecular formula is C10H19N3OS. The van der Waals surface area contributed by atoms with Crippen LogP contribution in [0, 0.1) is 6.92 Å². The molecule has 5 heteroatoms.